The summed E-state index contributed by atoms with van der Waals surface area (Å²) in [5, 5.41) is 14.3. The van der Waals surface area contributed by atoms with Crippen molar-refractivity contribution in [2.75, 3.05) is 4.90 Å². The van der Waals surface area contributed by atoms with Crippen molar-refractivity contribution in [3.05, 3.63) is 30.3 Å². The highest BCUT2D eigenvalue weighted by atomic mass is 16.5. The third kappa shape index (κ3) is 2.55. The van der Waals surface area contributed by atoms with Crippen molar-refractivity contribution in [1.82, 2.24) is 5.06 Å². The SMILES string of the molecule is CCC1(C)CC(=O)N(c2ccccc2)C(C)C(C)(CC)N1[O]. The quantitative estimate of drug-likeness (QED) is 0.852. The van der Waals surface area contributed by atoms with Crippen LogP contribution < -0.4 is 4.90 Å². The maximum atomic E-state index is 13.1. The molecule has 1 radical (unpaired) electrons. The van der Waals surface area contributed by atoms with E-state index in [1.807, 2.05) is 69.9 Å². The molecule has 2 rings (SSSR count). The summed E-state index contributed by atoms with van der Waals surface area (Å²) in [4.78, 5) is 14.7. The van der Waals surface area contributed by atoms with Gasteiger partial charge in [0.2, 0.25) is 5.91 Å². The number of carbonyl (C=O) groups excluding carboxylic acids is 1. The molecule has 1 aliphatic rings. The van der Waals surface area contributed by atoms with E-state index in [4.69, 9.17) is 0 Å². The number of hydrogen-bond acceptors (Lipinski definition) is 2. The van der Waals surface area contributed by atoms with Crippen LogP contribution in [0.4, 0.5) is 5.69 Å². The number of para-hydroxylation sites is 1. The van der Waals surface area contributed by atoms with Gasteiger partial charge in [-0.2, -0.15) is 0 Å². The molecule has 1 amide bonds. The lowest BCUT2D eigenvalue weighted by Gasteiger charge is -2.46. The molecular formula is C18H27N2O2. The Morgan fingerprint density at radius 2 is 1.73 bits per heavy atom. The summed E-state index contributed by atoms with van der Waals surface area (Å²) < 4.78 is 0. The summed E-state index contributed by atoms with van der Waals surface area (Å²) in [7, 11) is 0. The molecular weight excluding hydrogens is 276 g/mol. The Morgan fingerprint density at radius 1 is 1.14 bits per heavy atom. The van der Waals surface area contributed by atoms with Crippen LogP contribution in [0.1, 0.15) is 53.9 Å². The first-order valence-electron chi connectivity index (χ1n) is 8.14. The maximum absolute atomic E-state index is 13.1. The fraction of sp³-hybridized carbons (Fsp3) is 0.611. The maximum Gasteiger partial charge on any atom is 0.229 e. The van der Waals surface area contributed by atoms with Gasteiger partial charge in [-0.05, 0) is 45.7 Å². The summed E-state index contributed by atoms with van der Waals surface area (Å²) >= 11 is 0. The Labute approximate surface area is 133 Å². The van der Waals surface area contributed by atoms with Gasteiger partial charge in [-0.1, -0.05) is 32.0 Å². The second-order valence-electron chi connectivity index (χ2n) is 6.81. The minimum absolute atomic E-state index is 0.0288. The van der Waals surface area contributed by atoms with Crippen LogP contribution >= 0.6 is 0 Å². The number of anilines is 1. The van der Waals surface area contributed by atoms with E-state index >= 15 is 0 Å². The van der Waals surface area contributed by atoms with Gasteiger partial charge < -0.3 is 4.90 Å². The van der Waals surface area contributed by atoms with Gasteiger partial charge in [0.15, 0.2) is 0 Å². The molecule has 4 heteroatoms. The molecule has 0 aromatic heterocycles. The van der Waals surface area contributed by atoms with E-state index in [1.165, 1.54) is 5.06 Å². The summed E-state index contributed by atoms with van der Waals surface area (Å²) in [6, 6.07) is 9.49. The zero-order valence-electron chi connectivity index (χ0n) is 14.3. The van der Waals surface area contributed by atoms with Gasteiger partial charge in [0, 0.05) is 12.1 Å². The highest BCUT2D eigenvalue weighted by molar-refractivity contribution is 5.95. The van der Waals surface area contributed by atoms with Gasteiger partial charge in [-0.15, -0.1) is 10.3 Å². The normalized spacial score (nSPS) is 33.8. The van der Waals surface area contributed by atoms with Crippen molar-refractivity contribution in [2.24, 2.45) is 0 Å². The molecule has 1 aromatic rings. The summed E-state index contributed by atoms with van der Waals surface area (Å²) in [5.41, 5.74) is -0.389. The van der Waals surface area contributed by atoms with Crippen LogP contribution in [0.3, 0.4) is 0 Å². The summed E-state index contributed by atoms with van der Waals surface area (Å²) in [5.74, 6) is 0.0288. The molecule has 0 aliphatic carbocycles. The first kappa shape index (κ1) is 17.0. The van der Waals surface area contributed by atoms with Crippen LogP contribution in [-0.4, -0.2) is 28.1 Å². The Balaban J connectivity index is 2.56. The molecule has 1 heterocycles. The lowest BCUT2D eigenvalue weighted by molar-refractivity contribution is -0.281. The van der Waals surface area contributed by atoms with E-state index in [-0.39, 0.29) is 18.4 Å². The zero-order chi connectivity index (χ0) is 16.5. The predicted octanol–water partition coefficient (Wildman–Crippen LogP) is 3.80. The molecule has 0 spiro atoms. The molecule has 1 aliphatic heterocycles. The fourth-order valence-electron chi connectivity index (χ4n) is 3.43. The Bertz CT molecular complexity index is 533. The molecule has 0 saturated carbocycles. The molecule has 3 unspecified atom stereocenters. The molecule has 1 saturated heterocycles. The molecule has 1 aromatic carbocycles. The summed E-state index contributed by atoms with van der Waals surface area (Å²) in [6.45, 7) is 9.88. The largest absolute Gasteiger partial charge is 0.308 e. The van der Waals surface area contributed by atoms with Gasteiger partial charge in [-0.25, -0.2) is 0 Å². The molecule has 0 N–H and O–H groups in total. The number of hydrogen-bond donors (Lipinski definition) is 0. The Kier molecular flexibility index (Phi) is 4.64. The van der Waals surface area contributed by atoms with Crippen molar-refractivity contribution in [3.63, 3.8) is 0 Å². The number of rotatable bonds is 3. The number of benzene rings is 1. The zero-order valence-corrected chi connectivity index (χ0v) is 14.3. The van der Waals surface area contributed by atoms with Gasteiger partial charge in [-0.3, -0.25) is 4.79 Å². The third-order valence-electron chi connectivity index (χ3n) is 5.55. The van der Waals surface area contributed by atoms with Gasteiger partial charge >= 0.3 is 0 Å². The Hall–Kier alpha value is -1.39. The first-order chi connectivity index (χ1) is 10.3. The van der Waals surface area contributed by atoms with Crippen molar-refractivity contribution >= 4 is 11.6 Å². The smallest absolute Gasteiger partial charge is 0.229 e. The van der Waals surface area contributed by atoms with E-state index < -0.39 is 11.1 Å². The molecule has 4 nitrogen and oxygen atoms in total. The van der Waals surface area contributed by atoms with Crippen molar-refractivity contribution in [1.29, 1.82) is 0 Å². The van der Waals surface area contributed by atoms with Gasteiger partial charge in [0.1, 0.15) is 0 Å². The highest BCUT2D eigenvalue weighted by Gasteiger charge is 2.52. The van der Waals surface area contributed by atoms with E-state index in [0.717, 1.165) is 5.69 Å². The number of carbonyl (C=O) groups is 1. The fourth-order valence-corrected chi connectivity index (χ4v) is 3.43. The molecule has 22 heavy (non-hydrogen) atoms. The van der Waals surface area contributed by atoms with E-state index in [9.17, 15) is 10.0 Å². The van der Waals surface area contributed by atoms with Crippen molar-refractivity contribution < 1.29 is 10.0 Å². The molecule has 3 atom stereocenters. The Morgan fingerprint density at radius 3 is 2.23 bits per heavy atom. The molecule has 1 fully saturated rings. The summed E-state index contributed by atoms with van der Waals surface area (Å²) in [6.07, 6.45) is 1.61. The van der Waals surface area contributed by atoms with E-state index in [2.05, 4.69) is 0 Å². The topological polar surface area (TPSA) is 43.5 Å². The van der Waals surface area contributed by atoms with Crippen LogP contribution in [0.2, 0.25) is 0 Å². The van der Waals surface area contributed by atoms with Crippen molar-refractivity contribution in [3.8, 4) is 0 Å². The van der Waals surface area contributed by atoms with Crippen molar-refractivity contribution in [2.45, 2.75) is 71.0 Å². The monoisotopic (exact) mass is 303 g/mol. The molecule has 121 valence electrons. The highest BCUT2D eigenvalue weighted by Crippen LogP contribution is 2.40. The van der Waals surface area contributed by atoms with E-state index in [0.29, 0.717) is 12.8 Å². The first-order valence-corrected chi connectivity index (χ1v) is 8.14. The second kappa shape index (κ2) is 6.01. The number of amides is 1. The van der Waals surface area contributed by atoms with E-state index in [1.54, 1.807) is 0 Å². The van der Waals surface area contributed by atoms with Crippen LogP contribution in [-0.2, 0) is 10.0 Å². The van der Waals surface area contributed by atoms with Crippen LogP contribution in [0.15, 0.2) is 30.3 Å². The van der Waals surface area contributed by atoms with Crippen LogP contribution in [0.25, 0.3) is 0 Å². The number of hydroxylamine groups is 2. The minimum atomic E-state index is -0.653. The average Bonchev–Trinajstić information content (AvgIpc) is 2.58. The standard InChI is InChI=1S/C18H27N2O2/c1-6-17(4)13-16(21)19(15-11-9-8-10-12-15)14(3)18(5,7-2)20(17)22/h8-12,14H,6-7,13H2,1-5H3. The minimum Gasteiger partial charge on any atom is -0.308 e. The van der Waals surface area contributed by atoms with Gasteiger partial charge in [0.25, 0.3) is 0 Å². The molecule has 0 bridgehead atoms. The lowest BCUT2D eigenvalue weighted by Crippen LogP contribution is -2.60. The van der Waals surface area contributed by atoms with Crippen LogP contribution in [0, 0.1) is 0 Å². The average molecular weight is 303 g/mol. The number of nitrogens with zero attached hydrogens (tertiary/aromatic N) is 2. The van der Waals surface area contributed by atoms with Crippen LogP contribution in [0.5, 0.6) is 0 Å². The van der Waals surface area contributed by atoms with Gasteiger partial charge in [0.05, 0.1) is 17.1 Å². The third-order valence-corrected chi connectivity index (χ3v) is 5.55. The lowest BCUT2D eigenvalue weighted by atomic mass is 9.85. The second-order valence-corrected chi connectivity index (χ2v) is 6.81. The predicted molar refractivity (Wildman–Crippen MR) is 87.9 cm³/mol.